The van der Waals surface area contributed by atoms with Crippen LogP contribution in [-0.4, -0.2) is 26.1 Å². The number of allylic oxidation sites excluding steroid dienone is 2. The molecule has 7 atom stereocenters. The predicted octanol–water partition coefficient (Wildman–Crippen LogP) is 7.45. The van der Waals surface area contributed by atoms with Crippen molar-refractivity contribution in [2.24, 2.45) is 28.6 Å². The molecule has 33 heavy (non-hydrogen) atoms. The Bertz CT molecular complexity index is 916. The van der Waals surface area contributed by atoms with Crippen molar-refractivity contribution in [2.75, 3.05) is 13.9 Å². The van der Waals surface area contributed by atoms with Gasteiger partial charge in [-0.3, -0.25) is 0 Å². The first-order valence-corrected chi connectivity index (χ1v) is 13.9. The van der Waals surface area contributed by atoms with Gasteiger partial charge in [-0.05, 0) is 110 Å². The van der Waals surface area contributed by atoms with Crippen LogP contribution in [0.2, 0.25) is 0 Å². The van der Waals surface area contributed by atoms with Gasteiger partial charge in [0.25, 0.3) is 0 Å². The van der Waals surface area contributed by atoms with Crippen molar-refractivity contribution in [1.29, 1.82) is 0 Å². The second kappa shape index (κ2) is 9.26. The molecule has 0 N–H and O–H groups in total. The lowest BCUT2D eigenvalue weighted by molar-refractivity contribution is -0.0944. The van der Waals surface area contributed by atoms with E-state index in [0.29, 0.717) is 23.7 Å². The largest absolute Gasteiger partial charge is 0.368 e. The maximum absolute atomic E-state index is 6.62. The number of aryl methyl sites for hydroxylation is 1. The molecule has 4 heteroatoms. The van der Waals surface area contributed by atoms with Crippen LogP contribution in [-0.2, 0) is 20.8 Å². The highest BCUT2D eigenvalue weighted by Gasteiger charge is 2.59. The Morgan fingerprint density at radius 3 is 2.67 bits per heavy atom. The standard InChI is InChI=1S/C29H42O3S/c1-6-24-27(31-16-22-13-19(2)17-33-22)15-26-23-8-7-20-14-21(32-18-30-5)9-11-28(20,3)25(23)10-12-29(24,26)4/h6-7,13,17,21,23,25-27H,8-12,14-16,18H2,1-5H3/b24-6-/t21-,23+,25-,26-,27+,28-,29+/m0/s1. The van der Waals surface area contributed by atoms with Crippen LogP contribution in [0.1, 0.15) is 76.2 Å². The molecule has 0 saturated heterocycles. The van der Waals surface area contributed by atoms with Crippen molar-refractivity contribution < 1.29 is 14.2 Å². The summed E-state index contributed by atoms with van der Waals surface area (Å²) in [5.74, 6) is 2.31. The Labute approximate surface area is 204 Å². The summed E-state index contributed by atoms with van der Waals surface area (Å²) in [7, 11) is 1.72. The Kier molecular flexibility index (Phi) is 6.67. The number of methoxy groups -OCH3 is 1. The molecule has 1 heterocycles. The minimum absolute atomic E-state index is 0.280. The zero-order valence-corrected chi connectivity index (χ0v) is 22.0. The molecule has 0 amide bonds. The van der Waals surface area contributed by atoms with Gasteiger partial charge < -0.3 is 14.2 Å². The highest BCUT2D eigenvalue weighted by atomic mass is 32.1. The molecule has 0 spiro atoms. The average Bonchev–Trinajstić information content (AvgIpc) is 3.35. The molecule has 0 bridgehead atoms. The summed E-state index contributed by atoms with van der Waals surface area (Å²) in [6.45, 7) is 10.7. The quantitative estimate of drug-likeness (QED) is 0.319. The fourth-order valence-corrected chi connectivity index (χ4v) is 8.99. The summed E-state index contributed by atoms with van der Waals surface area (Å²) < 4.78 is 17.8. The Hall–Kier alpha value is -0.940. The zero-order valence-electron chi connectivity index (χ0n) is 21.2. The van der Waals surface area contributed by atoms with Gasteiger partial charge in [0.1, 0.15) is 6.79 Å². The highest BCUT2D eigenvalue weighted by molar-refractivity contribution is 7.10. The zero-order chi connectivity index (χ0) is 23.2. The SMILES string of the molecule is C/C=C1/[C@H](OCc2cc(C)cs2)C[C@H]2[C@@H]3CC=C4C[C@@H](OCOC)CC[C@]4(C)[C@H]3CC[C@]12C. The Morgan fingerprint density at radius 1 is 1.12 bits per heavy atom. The van der Waals surface area contributed by atoms with E-state index in [4.69, 9.17) is 14.2 Å². The van der Waals surface area contributed by atoms with E-state index in [0.717, 1.165) is 37.2 Å². The van der Waals surface area contributed by atoms with E-state index in [1.54, 1.807) is 18.3 Å². The Balaban J connectivity index is 1.34. The van der Waals surface area contributed by atoms with Crippen LogP contribution in [0.4, 0.5) is 0 Å². The van der Waals surface area contributed by atoms with Crippen LogP contribution in [0, 0.1) is 35.5 Å². The second-order valence-electron chi connectivity index (χ2n) is 11.5. The van der Waals surface area contributed by atoms with E-state index in [1.165, 1.54) is 42.5 Å². The maximum atomic E-state index is 6.62. The lowest BCUT2D eigenvalue weighted by Gasteiger charge is -2.57. The van der Waals surface area contributed by atoms with Crippen LogP contribution in [0.25, 0.3) is 0 Å². The molecule has 0 aliphatic heterocycles. The normalized spacial score (nSPS) is 41.4. The summed E-state index contributed by atoms with van der Waals surface area (Å²) >= 11 is 1.83. The third-order valence-electron chi connectivity index (χ3n) is 9.87. The van der Waals surface area contributed by atoms with Gasteiger partial charge in [0.2, 0.25) is 0 Å². The minimum Gasteiger partial charge on any atom is -0.368 e. The van der Waals surface area contributed by atoms with Crippen LogP contribution in [0.15, 0.2) is 34.7 Å². The van der Waals surface area contributed by atoms with E-state index in [-0.39, 0.29) is 6.10 Å². The third-order valence-corrected chi connectivity index (χ3v) is 10.9. The molecular formula is C29H42O3S. The van der Waals surface area contributed by atoms with Crippen molar-refractivity contribution in [1.82, 2.24) is 0 Å². The van der Waals surface area contributed by atoms with Gasteiger partial charge in [-0.15, -0.1) is 11.3 Å². The minimum atomic E-state index is 0.280. The average molecular weight is 471 g/mol. The summed E-state index contributed by atoms with van der Waals surface area (Å²) in [6, 6.07) is 2.28. The highest BCUT2D eigenvalue weighted by Crippen LogP contribution is 2.66. The van der Waals surface area contributed by atoms with E-state index < -0.39 is 0 Å². The first kappa shape index (κ1) is 23.8. The van der Waals surface area contributed by atoms with E-state index in [2.05, 4.69) is 51.3 Å². The van der Waals surface area contributed by atoms with Gasteiger partial charge in [0.05, 0.1) is 18.8 Å². The van der Waals surface area contributed by atoms with Crippen molar-refractivity contribution in [3.8, 4) is 0 Å². The van der Waals surface area contributed by atoms with Gasteiger partial charge in [-0.2, -0.15) is 0 Å². The number of rotatable bonds is 6. The van der Waals surface area contributed by atoms with Crippen molar-refractivity contribution >= 4 is 11.3 Å². The molecule has 0 aromatic carbocycles. The lowest BCUT2D eigenvalue weighted by Crippen LogP contribution is -2.49. The lowest BCUT2D eigenvalue weighted by atomic mass is 9.48. The topological polar surface area (TPSA) is 27.7 Å². The molecule has 182 valence electrons. The molecular weight excluding hydrogens is 428 g/mol. The van der Waals surface area contributed by atoms with Gasteiger partial charge in [-0.25, -0.2) is 0 Å². The molecule has 4 aliphatic rings. The summed E-state index contributed by atoms with van der Waals surface area (Å²) in [4.78, 5) is 1.35. The van der Waals surface area contributed by atoms with Crippen LogP contribution < -0.4 is 0 Å². The molecule has 0 radical (unpaired) electrons. The number of ether oxygens (including phenoxy) is 3. The van der Waals surface area contributed by atoms with Gasteiger partial charge >= 0.3 is 0 Å². The van der Waals surface area contributed by atoms with Gasteiger partial charge in [0.15, 0.2) is 0 Å². The van der Waals surface area contributed by atoms with Crippen LogP contribution in [0.3, 0.4) is 0 Å². The molecule has 0 unspecified atom stereocenters. The number of fused-ring (bicyclic) bond motifs is 5. The summed E-state index contributed by atoms with van der Waals surface area (Å²) in [6.07, 6.45) is 14.2. The van der Waals surface area contributed by atoms with E-state index in [9.17, 15) is 0 Å². The molecule has 3 nitrogen and oxygen atoms in total. The molecule has 1 aromatic rings. The van der Waals surface area contributed by atoms with Crippen molar-refractivity contribution in [3.05, 3.63) is 45.2 Å². The third kappa shape index (κ3) is 4.09. The van der Waals surface area contributed by atoms with Gasteiger partial charge in [0, 0.05) is 12.0 Å². The first-order chi connectivity index (χ1) is 15.9. The smallest absolute Gasteiger partial charge is 0.146 e. The van der Waals surface area contributed by atoms with Crippen LogP contribution >= 0.6 is 11.3 Å². The van der Waals surface area contributed by atoms with Crippen molar-refractivity contribution in [3.63, 3.8) is 0 Å². The fraction of sp³-hybridized carbons (Fsp3) is 0.724. The Morgan fingerprint density at radius 2 is 1.94 bits per heavy atom. The van der Waals surface area contributed by atoms with Gasteiger partial charge in [-0.1, -0.05) is 31.6 Å². The predicted molar refractivity (Wildman–Crippen MR) is 135 cm³/mol. The fourth-order valence-electron chi connectivity index (χ4n) is 8.20. The second-order valence-corrected chi connectivity index (χ2v) is 12.5. The molecule has 5 rings (SSSR count). The first-order valence-electron chi connectivity index (χ1n) is 13.0. The monoisotopic (exact) mass is 470 g/mol. The van der Waals surface area contributed by atoms with E-state index in [1.807, 2.05) is 11.3 Å². The van der Waals surface area contributed by atoms with Crippen molar-refractivity contribution in [2.45, 2.75) is 91.5 Å². The molecule has 3 fully saturated rings. The molecule has 3 saturated carbocycles. The van der Waals surface area contributed by atoms with E-state index >= 15 is 0 Å². The number of hydrogen-bond acceptors (Lipinski definition) is 4. The summed E-state index contributed by atoms with van der Waals surface area (Å²) in [5, 5.41) is 2.23. The van der Waals surface area contributed by atoms with Crippen LogP contribution in [0.5, 0.6) is 0 Å². The number of hydrogen-bond donors (Lipinski definition) is 0. The summed E-state index contributed by atoms with van der Waals surface area (Å²) in [5.41, 5.74) is 5.24. The number of thiophene rings is 1. The maximum Gasteiger partial charge on any atom is 0.146 e. The molecule has 1 aromatic heterocycles. The molecule has 4 aliphatic carbocycles.